The Morgan fingerprint density at radius 3 is 2.38 bits per heavy atom. The molecule has 24 heavy (non-hydrogen) atoms. The van der Waals surface area contributed by atoms with E-state index in [9.17, 15) is 18.3 Å². The topological polar surface area (TPSA) is 56.7 Å². The Labute approximate surface area is 140 Å². The molecule has 0 spiro atoms. The van der Waals surface area contributed by atoms with Crippen molar-refractivity contribution in [1.82, 2.24) is 10.6 Å². The Morgan fingerprint density at radius 2 is 1.88 bits per heavy atom. The van der Waals surface area contributed by atoms with E-state index in [0.717, 1.165) is 37.1 Å². The van der Waals surface area contributed by atoms with E-state index in [1.165, 1.54) is 12.1 Å². The van der Waals surface area contributed by atoms with Crippen LogP contribution in [-0.2, 0) is 12.6 Å². The van der Waals surface area contributed by atoms with Crippen LogP contribution in [0.4, 0.5) is 13.2 Å². The summed E-state index contributed by atoms with van der Waals surface area (Å²) >= 11 is 0. The lowest BCUT2D eigenvalue weighted by Gasteiger charge is -2.14. The van der Waals surface area contributed by atoms with Crippen LogP contribution in [0.5, 0.6) is 0 Å². The van der Waals surface area contributed by atoms with Crippen LogP contribution >= 0.6 is 0 Å². The zero-order valence-corrected chi connectivity index (χ0v) is 13.8. The first-order valence-corrected chi connectivity index (χ1v) is 8.18. The highest BCUT2D eigenvalue weighted by molar-refractivity contribution is 5.79. The third kappa shape index (κ3) is 5.40. The molecule has 0 saturated heterocycles. The molecule has 3 N–H and O–H groups in total. The van der Waals surface area contributed by atoms with Gasteiger partial charge in [0.05, 0.1) is 18.7 Å². The van der Waals surface area contributed by atoms with E-state index in [0.29, 0.717) is 25.5 Å². The monoisotopic (exact) mass is 343 g/mol. The van der Waals surface area contributed by atoms with Crippen LogP contribution in [0.3, 0.4) is 0 Å². The van der Waals surface area contributed by atoms with Crippen LogP contribution in [0.15, 0.2) is 29.3 Å². The number of nitrogens with one attached hydrogen (secondary N) is 2. The second-order valence-electron chi connectivity index (χ2n) is 6.22. The molecule has 4 nitrogen and oxygen atoms in total. The number of hydrogen-bond acceptors (Lipinski definition) is 2. The molecular weight excluding hydrogens is 319 g/mol. The maximum Gasteiger partial charge on any atom is 0.416 e. The molecule has 0 aliphatic heterocycles. The second kappa shape index (κ2) is 7.88. The van der Waals surface area contributed by atoms with E-state index >= 15 is 0 Å². The second-order valence-corrected chi connectivity index (χ2v) is 6.22. The SMILES string of the molecule is CCNC(=NCC1(CO)CC1)NCCc1ccc(C(F)(F)F)cc1. The summed E-state index contributed by atoms with van der Waals surface area (Å²) < 4.78 is 37.6. The zero-order valence-electron chi connectivity index (χ0n) is 13.8. The summed E-state index contributed by atoms with van der Waals surface area (Å²) in [6.45, 7) is 3.99. The minimum atomic E-state index is -4.30. The van der Waals surface area contributed by atoms with Crippen molar-refractivity contribution in [3.8, 4) is 0 Å². The number of aliphatic hydroxyl groups excluding tert-OH is 1. The molecule has 1 fully saturated rings. The average Bonchev–Trinajstić information content (AvgIpc) is 3.33. The molecule has 0 atom stereocenters. The number of halogens is 3. The van der Waals surface area contributed by atoms with Crippen molar-refractivity contribution >= 4 is 5.96 Å². The third-order valence-electron chi connectivity index (χ3n) is 4.20. The van der Waals surface area contributed by atoms with E-state index in [2.05, 4.69) is 15.6 Å². The maximum absolute atomic E-state index is 12.5. The van der Waals surface area contributed by atoms with Crippen molar-refractivity contribution in [2.45, 2.75) is 32.4 Å². The summed E-state index contributed by atoms with van der Waals surface area (Å²) in [5.41, 5.74) is 0.156. The van der Waals surface area contributed by atoms with Crippen molar-refractivity contribution in [3.63, 3.8) is 0 Å². The number of guanidine groups is 1. The number of aliphatic hydroxyl groups is 1. The van der Waals surface area contributed by atoms with E-state index in [1.807, 2.05) is 6.92 Å². The molecule has 0 unspecified atom stereocenters. The predicted molar refractivity (Wildman–Crippen MR) is 87.9 cm³/mol. The molecule has 2 rings (SSSR count). The van der Waals surface area contributed by atoms with Crippen LogP contribution in [0.2, 0.25) is 0 Å². The summed E-state index contributed by atoms with van der Waals surface area (Å²) in [7, 11) is 0. The summed E-state index contributed by atoms with van der Waals surface area (Å²) in [4.78, 5) is 4.48. The lowest BCUT2D eigenvalue weighted by Crippen LogP contribution is -2.38. The lowest BCUT2D eigenvalue weighted by molar-refractivity contribution is -0.137. The van der Waals surface area contributed by atoms with E-state index in [-0.39, 0.29) is 12.0 Å². The smallest absolute Gasteiger partial charge is 0.396 e. The molecule has 0 aromatic heterocycles. The molecular formula is C17H24F3N3O. The van der Waals surface area contributed by atoms with E-state index in [1.54, 1.807) is 0 Å². The van der Waals surface area contributed by atoms with Gasteiger partial charge >= 0.3 is 6.18 Å². The molecule has 1 aromatic rings. The van der Waals surface area contributed by atoms with Crippen LogP contribution in [-0.4, -0.2) is 37.3 Å². The van der Waals surface area contributed by atoms with Crippen LogP contribution in [0.25, 0.3) is 0 Å². The maximum atomic E-state index is 12.5. The number of alkyl halides is 3. The molecule has 1 aromatic carbocycles. The Kier molecular flexibility index (Phi) is 6.10. The first-order chi connectivity index (χ1) is 11.4. The van der Waals surface area contributed by atoms with Gasteiger partial charge < -0.3 is 15.7 Å². The van der Waals surface area contributed by atoms with E-state index < -0.39 is 11.7 Å². The standard InChI is InChI=1S/C17H24F3N3O/c1-2-21-15(23-11-16(12-24)8-9-16)22-10-7-13-3-5-14(6-4-13)17(18,19)20/h3-6,24H,2,7-12H2,1H3,(H2,21,22,23). The van der Waals surface area contributed by atoms with Gasteiger partial charge in [-0.05, 0) is 43.9 Å². The summed E-state index contributed by atoms with van der Waals surface area (Å²) in [6.07, 6.45) is -1.70. The van der Waals surface area contributed by atoms with Crippen molar-refractivity contribution < 1.29 is 18.3 Å². The van der Waals surface area contributed by atoms with Gasteiger partial charge in [-0.1, -0.05) is 12.1 Å². The molecule has 1 aliphatic rings. The number of hydrogen-bond donors (Lipinski definition) is 3. The lowest BCUT2D eigenvalue weighted by atomic mass is 10.1. The Bertz CT molecular complexity index is 551. The van der Waals surface area contributed by atoms with Gasteiger partial charge in [0.25, 0.3) is 0 Å². The molecule has 0 heterocycles. The van der Waals surface area contributed by atoms with Gasteiger partial charge in [0.1, 0.15) is 0 Å². The van der Waals surface area contributed by atoms with Gasteiger partial charge in [-0.3, -0.25) is 4.99 Å². The van der Waals surface area contributed by atoms with Crippen molar-refractivity contribution in [1.29, 1.82) is 0 Å². The molecule has 0 amide bonds. The Hall–Kier alpha value is -1.76. The molecule has 7 heteroatoms. The molecule has 0 radical (unpaired) electrons. The normalized spacial score (nSPS) is 16.8. The molecule has 0 bridgehead atoms. The van der Waals surface area contributed by atoms with Crippen molar-refractivity contribution in [2.75, 3.05) is 26.2 Å². The number of aliphatic imine (C=N–C) groups is 1. The number of nitrogens with zero attached hydrogens (tertiary/aromatic N) is 1. The van der Waals surface area contributed by atoms with Gasteiger partial charge in [-0.15, -0.1) is 0 Å². The predicted octanol–water partition coefficient (Wildman–Crippen LogP) is 2.58. The van der Waals surface area contributed by atoms with E-state index in [4.69, 9.17) is 0 Å². The van der Waals surface area contributed by atoms with Crippen molar-refractivity contribution in [2.24, 2.45) is 10.4 Å². The zero-order chi connectivity index (χ0) is 17.6. The first-order valence-electron chi connectivity index (χ1n) is 8.18. The van der Waals surface area contributed by atoms with Gasteiger partial charge in [0.2, 0.25) is 0 Å². The Morgan fingerprint density at radius 1 is 1.21 bits per heavy atom. The van der Waals surface area contributed by atoms with Gasteiger partial charge in [-0.2, -0.15) is 13.2 Å². The molecule has 1 aliphatic carbocycles. The van der Waals surface area contributed by atoms with Gasteiger partial charge in [0.15, 0.2) is 5.96 Å². The fourth-order valence-corrected chi connectivity index (χ4v) is 2.32. The van der Waals surface area contributed by atoms with Crippen molar-refractivity contribution in [3.05, 3.63) is 35.4 Å². The number of benzene rings is 1. The highest BCUT2D eigenvalue weighted by Gasteiger charge is 2.41. The molecule has 1 saturated carbocycles. The largest absolute Gasteiger partial charge is 0.416 e. The third-order valence-corrected chi connectivity index (χ3v) is 4.20. The van der Waals surface area contributed by atoms with Crippen LogP contribution in [0, 0.1) is 5.41 Å². The van der Waals surface area contributed by atoms with Gasteiger partial charge in [0, 0.05) is 18.5 Å². The fraction of sp³-hybridized carbons (Fsp3) is 0.588. The minimum Gasteiger partial charge on any atom is -0.396 e. The highest BCUT2D eigenvalue weighted by atomic mass is 19.4. The van der Waals surface area contributed by atoms with Crippen LogP contribution in [0.1, 0.15) is 30.9 Å². The van der Waals surface area contributed by atoms with Crippen LogP contribution < -0.4 is 10.6 Å². The highest BCUT2D eigenvalue weighted by Crippen LogP contribution is 2.45. The number of rotatable bonds is 7. The summed E-state index contributed by atoms with van der Waals surface area (Å²) in [6, 6.07) is 5.21. The summed E-state index contributed by atoms with van der Waals surface area (Å²) in [5, 5.41) is 15.6. The molecule has 134 valence electrons. The quantitative estimate of drug-likeness (QED) is 0.527. The average molecular weight is 343 g/mol. The minimum absolute atomic E-state index is 0.0459. The first kappa shape index (κ1) is 18.6. The summed E-state index contributed by atoms with van der Waals surface area (Å²) in [5.74, 6) is 0.670. The fourth-order valence-electron chi connectivity index (χ4n) is 2.32. The Balaban J connectivity index is 1.83. The van der Waals surface area contributed by atoms with Gasteiger partial charge in [-0.25, -0.2) is 0 Å².